The van der Waals surface area contributed by atoms with Crippen LogP contribution in [0.3, 0.4) is 0 Å². The van der Waals surface area contributed by atoms with Crippen LogP contribution in [0.5, 0.6) is 0 Å². The fourth-order valence-corrected chi connectivity index (χ4v) is 7.66. The molecule has 0 radical (unpaired) electrons. The Morgan fingerprint density at radius 3 is 2.14 bits per heavy atom. The Morgan fingerprint density at radius 1 is 0.776 bits per heavy atom. The minimum Gasteiger partial charge on any atom is -0.307 e. The first-order valence-electron chi connectivity index (χ1n) is 17.4. The Morgan fingerprint density at radius 2 is 1.45 bits per heavy atom. The molecule has 0 aromatic heterocycles. The zero-order valence-electron chi connectivity index (χ0n) is 29.4. The van der Waals surface area contributed by atoms with Gasteiger partial charge in [0.05, 0.1) is 11.1 Å². The molecule has 1 aliphatic carbocycles. The van der Waals surface area contributed by atoms with Crippen LogP contribution < -0.4 is 15.3 Å². The van der Waals surface area contributed by atoms with Crippen LogP contribution in [0.1, 0.15) is 68.9 Å². The summed E-state index contributed by atoms with van der Waals surface area (Å²) in [6.45, 7) is 10.6. The number of hydrogen-bond acceptors (Lipinski definition) is 1. The van der Waals surface area contributed by atoms with Crippen molar-refractivity contribution in [2.24, 2.45) is 0 Å². The van der Waals surface area contributed by atoms with Crippen LogP contribution in [-0.2, 0) is 11.8 Å². The summed E-state index contributed by atoms with van der Waals surface area (Å²) in [6, 6.07) is 44.5. The SMILES string of the molecule is C#C/C(=C\C)N(/C(C)=c1\cccc\c1=C\C)c1ccc(-c2ccc3c(c2)C(C(/C=C\C)=C/CC)(c2ccccc2)c2ccccc2C3)cc1. The molecule has 1 nitrogen and oxygen atoms in total. The van der Waals surface area contributed by atoms with E-state index in [4.69, 9.17) is 6.42 Å². The first-order chi connectivity index (χ1) is 24.0. The molecule has 5 aromatic carbocycles. The zero-order chi connectivity index (χ0) is 34.4. The Balaban J connectivity index is 1.55. The zero-order valence-corrected chi connectivity index (χ0v) is 29.4. The summed E-state index contributed by atoms with van der Waals surface area (Å²) in [7, 11) is 0. The van der Waals surface area contributed by atoms with E-state index in [0.29, 0.717) is 0 Å². The van der Waals surface area contributed by atoms with E-state index >= 15 is 0 Å². The minimum atomic E-state index is -0.440. The lowest BCUT2D eigenvalue weighted by atomic mass is 9.59. The van der Waals surface area contributed by atoms with Crippen LogP contribution in [-0.4, -0.2) is 0 Å². The number of anilines is 1. The molecular weight excluding hydrogens is 591 g/mol. The Labute approximate surface area is 293 Å². The predicted molar refractivity (Wildman–Crippen MR) is 211 cm³/mol. The first-order valence-corrected chi connectivity index (χ1v) is 17.4. The molecule has 6 rings (SSSR count). The quantitative estimate of drug-likeness (QED) is 0.121. The van der Waals surface area contributed by atoms with Crippen molar-refractivity contribution in [2.45, 2.75) is 52.9 Å². The van der Waals surface area contributed by atoms with Gasteiger partial charge in [-0.2, -0.15) is 0 Å². The molecule has 1 heteroatoms. The van der Waals surface area contributed by atoms with E-state index in [1.165, 1.54) is 49.7 Å². The number of hydrogen-bond donors (Lipinski definition) is 0. The summed E-state index contributed by atoms with van der Waals surface area (Å²) in [6.07, 6.45) is 19.0. The molecule has 1 atom stereocenters. The molecule has 0 saturated carbocycles. The minimum absolute atomic E-state index is 0.440. The topological polar surface area (TPSA) is 3.24 Å². The van der Waals surface area contributed by atoms with Crippen molar-refractivity contribution in [3.05, 3.63) is 195 Å². The third-order valence-corrected chi connectivity index (χ3v) is 9.84. The lowest BCUT2D eigenvalue weighted by Gasteiger charge is -2.43. The maximum absolute atomic E-state index is 6.08. The van der Waals surface area contributed by atoms with Gasteiger partial charge in [0.15, 0.2) is 0 Å². The molecule has 49 heavy (non-hydrogen) atoms. The molecule has 0 bridgehead atoms. The fourth-order valence-electron chi connectivity index (χ4n) is 7.66. The van der Waals surface area contributed by atoms with E-state index in [2.05, 4.69) is 184 Å². The Bertz CT molecular complexity index is 2220. The number of benzene rings is 5. The summed E-state index contributed by atoms with van der Waals surface area (Å²) in [5, 5.41) is 2.34. The summed E-state index contributed by atoms with van der Waals surface area (Å²) in [5.74, 6) is 2.93. The summed E-state index contributed by atoms with van der Waals surface area (Å²) in [4.78, 5) is 2.19. The van der Waals surface area contributed by atoms with E-state index in [-0.39, 0.29) is 0 Å². The average molecular weight is 636 g/mol. The van der Waals surface area contributed by atoms with E-state index in [1.54, 1.807) is 0 Å². The normalized spacial score (nSPS) is 16.9. The van der Waals surface area contributed by atoms with Gasteiger partial charge in [0.25, 0.3) is 0 Å². The van der Waals surface area contributed by atoms with Gasteiger partial charge in [-0.05, 0) is 108 Å². The van der Waals surface area contributed by atoms with Crippen molar-refractivity contribution < 1.29 is 0 Å². The molecule has 0 heterocycles. The predicted octanol–water partition coefficient (Wildman–Crippen LogP) is 10.5. The highest BCUT2D eigenvalue weighted by atomic mass is 15.1. The molecule has 0 N–H and O–H groups in total. The van der Waals surface area contributed by atoms with Crippen molar-refractivity contribution >= 4 is 17.5 Å². The smallest absolute Gasteiger partial charge is 0.0921 e. The highest BCUT2D eigenvalue weighted by Gasteiger charge is 2.44. The van der Waals surface area contributed by atoms with E-state index < -0.39 is 5.41 Å². The van der Waals surface area contributed by atoms with Gasteiger partial charge < -0.3 is 4.90 Å². The van der Waals surface area contributed by atoms with Crippen LogP contribution >= 0.6 is 0 Å². The molecule has 0 saturated heterocycles. The van der Waals surface area contributed by atoms with Crippen LogP contribution in [0.25, 0.3) is 22.9 Å². The Kier molecular flexibility index (Phi) is 9.98. The second-order valence-electron chi connectivity index (χ2n) is 12.6. The van der Waals surface area contributed by atoms with Crippen LogP contribution in [0.4, 0.5) is 5.69 Å². The lowest BCUT2D eigenvalue weighted by molar-refractivity contribution is 0.698. The third-order valence-electron chi connectivity index (χ3n) is 9.84. The standard InChI is InChI=1S/C48H45N/c1-7-19-41(20-8-2)48(42-23-13-12-14-24-42)46-26-18-16-22-39(46)33-40-28-27-38(34-47(40)48)37-29-31-44(32-30-37)49(43(10-4)11-5)35(6)45-25-17-15-21-36(45)9-3/h4,7,9,11-32,34H,8,33H2,1-3,5-6H3/b19-7-,36-9-,41-20+,43-11+,45-35+. The fraction of sp³-hybridized carbons (Fsp3) is 0.167. The van der Waals surface area contributed by atoms with Crippen LogP contribution in [0.15, 0.2) is 157 Å². The van der Waals surface area contributed by atoms with Gasteiger partial charge in [-0.15, -0.1) is 6.42 Å². The maximum Gasteiger partial charge on any atom is 0.0921 e. The molecule has 5 aromatic rings. The van der Waals surface area contributed by atoms with Gasteiger partial charge in [0.2, 0.25) is 0 Å². The van der Waals surface area contributed by atoms with Gasteiger partial charge in [-0.3, -0.25) is 0 Å². The highest BCUT2D eigenvalue weighted by Crippen LogP contribution is 2.52. The van der Waals surface area contributed by atoms with Crippen molar-refractivity contribution in [3.63, 3.8) is 0 Å². The summed E-state index contributed by atoms with van der Waals surface area (Å²) < 4.78 is 0. The number of terminal acetylenes is 1. The summed E-state index contributed by atoms with van der Waals surface area (Å²) >= 11 is 0. The number of rotatable bonds is 8. The van der Waals surface area contributed by atoms with Gasteiger partial charge in [-0.25, -0.2) is 0 Å². The highest BCUT2D eigenvalue weighted by molar-refractivity contribution is 5.78. The largest absolute Gasteiger partial charge is 0.307 e. The molecule has 1 aliphatic rings. The lowest BCUT2D eigenvalue weighted by Crippen LogP contribution is -2.36. The number of allylic oxidation sites excluding steroid dienone is 6. The molecule has 0 aliphatic heterocycles. The second kappa shape index (κ2) is 14.7. The first kappa shape index (κ1) is 33.3. The van der Waals surface area contributed by atoms with E-state index in [1.807, 2.05) is 13.0 Å². The van der Waals surface area contributed by atoms with Crippen molar-refractivity contribution in [1.82, 2.24) is 0 Å². The molecule has 0 fully saturated rings. The van der Waals surface area contributed by atoms with Crippen LogP contribution in [0.2, 0.25) is 0 Å². The molecular formula is C48H45N. The maximum atomic E-state index is 6.08. The van der Waals surface area contributed by atoms with Crippen molar-refractivity contribution in [3.8, 4) is 23.5 Å². The van der Waals surface area contributed by atoms with Crippen LogP contribution in [0, 0.1) is 12.3 Å². The van der Waals surface area contributed by atoms with Crippen molar-refractivity contribution in [1.29, 1.82) is 0 Å². The molecule has 242 valence electrons. The van der Waals surface area contributed by atoms with Gasteiger partial charge in [0.1, 0.15) is 0 Å². The molecule has 0 amide bonds. The van der Waals surface area contributed by atoms with Gasteiger partial charge in [-0.1, -0.05) is 146 Å². The molecule has 0 spiro atoms. The second-order valence-corrected chi connectivity index (χ2v) is 12.6. The van der Waals surface area contributed by atoms with Gasteiger partial charge >= 0.3 is 0 Å². The van der Waals surface area contributed by atoms with E-state index in [9.17, 15) is 0 Å². The Hall–Kier alpha value is -5.58. The average Bonchev–Trinajstić information content (AvgIpc) is 3.16. The van der Waals surface area contributed by atoms with Crippen molar-refractivity contribution in [2.75, 3.05) is 4.90 Å². The number of fused-ring (bicyclic) bond motifs is 2. The molecule has 1 unspecified atom stereocenters. The van der Waals surface area contributed by atoms with Gasteiger partial charge in [0, 0.05) is 16.6 Å². The van der Waals surface area contributed by atoms with E-state index in [0.717, 1.165) is 35.1 Å². The monoisotopic (exact) mass is 635 g/mol. The number of nitrogens with zero attached hydrogens (tertiary/aromatic N) is 1. The summed E-state index contributed by atoms with van der Waals surface area (Å²) in [5.41, 5.74) is 12.9. The third kappa shape index (κ3) is 6.01.